The van der Waals surface area contributed by atoms with Gasteiger partial charge in [0.25, 0.3) is 5.91 Å². The Labute approximate surface area is 174 Å². The zero-order valence-electron chi connectivity index (χ0n) is 16.6. The number of halogens is 1. The molecule has 0 aromatic heterocycles. The number of carbonyl (C=O) groups excluding carboxylic acids is 2. The van der Waals surface area contributed by atoms with E-state index in [1.807, 2.05) is 30.3 Å². The summed E-state index contributed by atoms with van der Waals surface area (Å²) in [4.78, 5) is 29.6. The Bertz CT molecular complexity index is 623. The maximum absolute atomic E-state index is 13.2. The highest BCUT2D eigenvalue weighted by Crippen LogP contribution is 2.22. The Balaban J connectivity index is 0.00000280. The van der Waals surface area contributed by atoms with Crippen LogP contribution < -0.4 is 10.1 Å². The molecule has 2 saturated heterocycles. The number of piperidine rings is 1. The normalized spacial score (nSPS) is 21.7. The number of rotatable bonds is 7. The van der Waals surface area contributed by atoms with E-state index in [2.05, 4.69) is 17.1 Å². The summed E-state index contributed by atoms with van der Waals surface area (Å²) in [5.74, 6) is 0.776. The molecule has 3 rings (SSSR count). The van der Waals surface area contributed by atoms with Crippen molar-refractivity contribution in [1.29, 1.82) is 0 Å². The zero-order chi connectivity index (χ0) is 19.1. The van der Waals surface area contributed by atoms with E-state index >= 15 is 0 Å². The van der Waals surface area contributed by atoms with Crippen LogP contribution in [0.5, 0.6) is 5.75 Å². The lowest BCUT2D eigenvalue weighted by molar-refractivity contribution is -0.143. The average Bonchev–Trinajstić information content (AvgIpc) is 3.25. The van der Waals surface area contributed by atoms with Gasteiger partial charge in [0.2, 0.25) is 5.91 Å². The minimum absolute atomic E-state index is 0. The lowest BCUT2D eigenvalue weighted by atomic mass is 9.95. The van der Waals surface area contributed by atoms with Crippen LogP contribution in [0.4, 0.5) is 0 Å². The maximum atomic E-state index is 13.2. The van der Waals surface area contributed by atoms with Gasteiger partial charge in [0.15, 0.2) is 6.61 Å². The second-order valence-corrected chi connectivity index (χ2v) is 7.46. The summed E-state index contributed by atoms with van der Waals surface area (Å²) >= 11 is 0. The first-order valence-electron chi connectivity index (χ1n) is 10.2. The van der Waals surface area contributed by atoms with Gasteiger partial charge in [-0.15, -0.1) is 12.4 Å². The summed E-state index contributed by atoms with van der Waals surface area (Å²) in [5.41, 5.74) is 0. The molecule has 1 aromatic rings. The molecule has 0 saturated carbocycles. The van der Waals surface area contributed by atoms with Crippen LogP contribution in [-0.2, 0) is 9.59 Å². The summed E-state index contributed by atoms with van der Waals surface area (Å²) in [6.07, 6.45) is 3.72. The molecule has 7 heteroatoms. The van der Waals surface area contributed by atoms with Gasteiger partial charge in [-0.1, -0.05) is 25.1 Å². The van der Waals surface area contributed by atoms with Gasteiger partial charge in [-0.25, -0.2) is 0 Å². The van der Waals surface area contributed by atoms with E-state index in [1.54, 1.807) is 4.90 Å². The maximum Gasteiger partial charge on any atom is 0.260 e. The number of benzene rings is 1. The predicted molar refractivity (Wildman–Crippen MR) is 112 cm³/mol. The number of amides is 2. The molecule has 2 heterocycles. The number of para-hydroxylation sites is 1. The van der Waals surface area contributed by atoms with Crippen molar-refractivity contribution in [2.45, 2.75) is 38.6 Å². The zero-order valence-corrected chi connectivity index (χ0v) is 17.5. The van der Waals surface area contributed by atoms with Crippen LogP contribution in [-0.4, -0.2) is 67.0 Å². The van der Waals surface area contributed by atoms with E-state index in [1.165, 1.54) is 0 Å². The first-order chi connectivity index (χ1) is 13.2. The quantitative estimate of drug-likeness (QED) is 0.750. The van der Waals surface area contributed by atoms with Crippen molar-refractivity contribution in [3.63, 3.8) is 0 Å². The smallest absolute Gasteiger partial charge is 0.260 e. The SMILES string of the molecule is CCCN(C(=O)C1CCCN(C(=O)COc2ccccc2)C1)C1CCNC1.Cl. The molecule has 2 unspecified atom stereocenters. The fourth-order valence-corrected chi connectivity index (χ4v) is 4.01. The predicted octanol–water partition coefficient (Wildman–Crippen LogP) is 2.33. The van der Waals surface area contributed by atoms with Crippen molar-refractivity contribution in [2.75, 3.05) is 39.3 Å². The molecule has 2 amide bonds. The Hall–Kier alpha value is -1.79. The third kappa shape index (κ3) is 5.85. The molecule has 1 N–H and O–H groups in total. The fraction of sp³-hybridized carbons (Fsp3) is 0.619. The lowest BCUT2D eigenvalue weighted by Crippen LogP contribution is -2.51. The molecule has 2 fully saturated rings. The topological polar surface area (TPSA) is 61.9 Å². The van der Waals surface area contributed by atoms with Crippen LogP contribution in [0.3, 0.4) is 0 Å². The Morgan fingerprint density at radius 2 is 2.04 bits per heavy atom. The second-order valence-electron chi connectivity index (χ2n) is 7.46. The van der Waals surface area contributed by atoms with Crippen LogP contribution in [0.2, 0.25) is 0 Å². The third-order valence-corrected chi connectivity index (χ3v) is 5.45. The van der Waals surface area contributed by atoms with Crippen LogP contribution in [0.25, 0.3) is 0 Å². The van der Waals surface area contributed by atoms with Gasteiger partial charge >= 0.3 is 0 Å². The summed E-state index contributed by atoms with van der Waals surface area (Å²) in [7, 11) is 0. The first kappa shape index (κ1) is 22.5. The molecule has 0 aliphatic carbocycles. The minimum atomic E-state index is -0.0911. The summed E-state index contributed by atoms with van der Waals surface area (Å²) in [6, 6.07) is 9.66. The van der Waals surface area contributed by atoms with Crippen molar-refractivity contribution >= 4 is 24.2 Å². The molecular weight excluding hydrogens is 378 g/mol. The lowest BCUT2D eigenvalue weighted by Gasteiger charge is -2.37. The number of nitrogens with one attached hydrogen (secondary N) is 1. The summed E-state index contributed by atoms with van der Waals surface area (Å²) in [5, 5.41) is 3.35. The van der Waals surface area contributed by atoms with Crippen LogP contribution >= 0.6 is 12.4 Å². The Kier molecular flexibility index (Phi) is 9.06. The third-order valence-electron chi connectivity index (χ3n) is 5.45. The number of likely N-dealkylation sites (tertiary alicyclic amines) is 1. The molecule has 2 atom stereocenters. The van der Waals surface area contributed by atoms with E-state index in [0.29, 0.717) is 24.9 Å². The molecule has 2 aliphatic rings. The molecule has 1 aromatic carbocycles. The standard InChI is InChI=1S/C21H31N3O3.ClH/c1-2-12-24(18-10-11-22-14-18)21(26)17-7-6-13-23(15-17)20(25)16-27-19-8-4-3-5-9-19;/h3-5,8-9,17-18,22H,2,6-7,10-16H2,1H3;1H. The molecule has 2 aliphatic heterocycles. The molecule has 6 nitrogen and oxygen atoms in total. The van der Waals surface area contributed by atoms with Crippen LogP contribution in [0.15, 0.2) is 30.3 Å². The average molecular weight is 410 g/mol. The van der Waals surface area contributed by atoms with Gasteiger partial charge < -0.3 is 19.9 Å². The van der Waals surface area contributed by atoms with E-state index < -0.39 is 0 Å². The van der Waals surface area contributed by atoms with Gasteiger partial charge in [0.1, 0.15) is 5.75 Å². The first-order valence-corrected chi connectivity index (χ1v) is 10.2. The minimum Gasteiger partial charge on any atom is -0.484 e. The van der Waals surface area contributed by atoms with Crippen molar-refractivity contribution in [3.8, 4) is 5.75 Å². The molecule has 28 heavy (non-hydrogen) atoms. The van der Waals surface area contributed by atoms with E-state index in [9.17, 15) is 9.59 Å². The van der Waals surface area contributed by atoms with E-state index in [0.717, 1.165) is 45.3 Å². The summed E-state index contributed by atoms with van der Waals surface area (Å²) in [6.45, 7) is 6.01. The number of nitrogens with zero attached hydrogens (tertiary/aromatic N) is 2. The van der Waals surface area contributed by atoms with Crippen molar-refractivity contribution in [2.24, 2.45) is 5.92 Å². The largest absolute Gasteiger partial charge is 0.484 e. The highest BCUT2D eigenvalue weighted by atomic mass is 35.5. The van der Waals surface area contributed by atoms with Crippen LogP contribution in [0, 0.1) is 5.92 Å². The Morgan fingerprint density at radius 1 is 1.25 bits per heavy atom. The van der Waals surface area contributed by atoms with Gasteiger partial charge in [0, 0.05) is 32.2 Å². The van der Waals surface area contributed by atoms with Gasteiger partial charge in [-0.05, 0) is 44.4 Å². The number of hydrogen-bond acceptors (Lipinski definition) is 4. The monoisotopic (exact) mass is 409 g/mol. The number of carbonyl (C=O) groups is 2. The van der Waals surface area contributed by atoms with Gasteiger partial charge in [-0.3, -0.25) is 9.59 Å². The van der Waals surface area contributed by atoms with Gasteiger partial charge in [0.05, 0.1) is 5.92 Å². The fourth-order valence-electron chi connectivity index (χ4n) is 4.01. The van der Waals surface area contributed by atoms with Crippen LogP contribution in [0.1, 0.15) is 32.6 Å². The highest BCUT2D eigenvalue weighted by Gasteiger charge is 2.34. The number of ether oxygens (including phenoxy) is 1. The van der Waals surface area contributed by atoms with E-state index in [-0.39, 0.29) is 36.7 Å². The highest BCUT2D eigenvalue weighted by molar-refractivity contribution is 5.85. The van der Waals surface area contributed by atoms with Gasteiger partial charge in [-0.2, -0.15) is 0 Å². The van der Waals surface area contributed by atoms with Crippen molar-refractivity contribution in [1.82, 2.24) is 15.1 Å². The second kappa shape index (κ2) is 11.3. The summed E-state index contributed by atoms with van der Waals surface area (Å²) < 4.78 is 5.59. The van der Waals surface area contributed by atoms with Crippen molar-refractivity contribution in [3.05, 3.63) is 30.3 Å². The van der Waals surface area contributed by atoms with Crippen molar-refractivity contribution < 1.29 is 14.3 Å². The number of hydrogen-bond donors (Lipinski definition) is 1. The molecule has 156 valence electrons. The molecular formula is C21H32ClN3O3. The molecule has 0 radical (unpaired) electrons. The van der Waals surface area contributed by atoms with E-state index in [4.69, 9.17) is 4.74 Å². The Morgan fingerprint density at radius 3 is 2.71 bits per heavy atom. The molecule has 0 bridgehead atoms. The molecule has 0 spiro atoms.